The van der Waals surface area contributed by atoms with Gasteiger partial charge in [0.1, 0.15) is 6.54 Å². The van der Waals surface area contributed by atoms with E-state index in [1.54, 1.807) is 34.0 Å². The van der Waals surface area contributed by atoms with Gasteiger partial charge in [-0.2, -0.15) is 0 Å². The number of carbonyl (C=O) groups is 2. The highest BCUT2D eigenvalue weighted by molar-refractivity contribution is 8.00. The molecule has 2 heterocycles. The highest BCUT2D eigenvalue weighted by Gasteiger charge is 2.25. The molecule has 1 aliphatic rings. The van der Waals surface area contributed by atoms with E-state index < -0.39 is 0 Å². The average Bonchev–Trinajstić information content (AvgIpc) is 3.02. The van der Waals surface area contributed by atoms with Crippen LogP contribution in [-0.4, -0.2) is 44.8 Å². The fourth-order valence-corrected chi connectivity index (χ4v) is 3.65. The van der Waals surface area contributed by atoms with Crippen molar-refractivity contribution in [1.82, 2.24) is 14.8 Å². The summed E-state index contributed by atoms with van der Waals surface area (Å²) < 4.78 is 0. The van der Waals surface area contributed by atoms with Crippen LogP contribution in [0.3, 0.4) is 0 Å². The second kappa shape index (κ2) is 8.16. The van der Waals surface area contributed by atoms with Gasteiger partial charge in [0.05, 0.1) is 11.6 Å². The zero-order chi connectivity index (χ0) is 17.6. The Bertz CT molecular complexity index is 751. The molecular formula is C19H21N3O2S. The maximum absolute atomic E-state index is 12.9. The topological polar surface area (TPSA) is 53.5 Å². The molecule has 0 atom stereocenters. The molecule has 5 nitrogen and oxygen atoms in total. The zero-order valence-corrected chi connectivity index (χ0v) is 15.0. The third-order valence-corrected chi connectivity index (χ3v) is 5.17. The number of hydrogen-bond acceptors (Lipinski definition) is 4. The first-order chi connectivity index (χ1) is 12.1. The van der Waals surface area contributed by atoms with Crippen LogP contribution in [-0.2, 0) is 22.7 Å². The molecule has 0 radical (unpaired) electrons. The van der Waals surface area contributed by atoms with Gasteiger partial charge in [0.15, 0.2) is 0 Å². The molecular weight excluding hydrogens is 334 g/mol. The first-order valence-electron chi connectivity index (χ1n) is 8.20. The summed E-state index contributed by atoms with van der Waals surface area (Å²) in [4.78, 5) is 32.3. The zero-order valence-electron chi connectivity index (χ0n) is 14.2. The number of benzene rings is 1. The number of rotatable bonds is 6. The van der Waals surface area contributed by atoms with E-state index in [0.29, 0.717) is 24.7 Å². The van der Waals surface area contributed by atoms with Crippen LogP contribution in [0.4, 0.5) is 0 Å². The quantitative estimate of drug-likeness (QED) is 0.799. The summed E-state index contributed by atoms with van der Waals surface area (Å²) in [5.41, 5.74) is 3.24. The van der Waals surface area contributed by atoms with Gasteiger partial charge in [-0.15, -0.1) is 11.8 Å². The third kappa shape index (κ3) is 4.60. The lowest BCUT2D eigenvalue weighted by Gasteiger charge is -2.26. The minimum atomic E-state index is -0.0389. The second-order valence-corrected chi connectivity index (χ2v) is 7.06. The molecule has 2 aromatic rings. The molecule has 1 saturated heterocycles. The van der Waals surface area contributed by atoms with Crippen LogP contribution in [0.15, 0.2) is 48.8 Å². The smallest absolute Gasteiger partial charge is 0.242 e. The van der Waals surface area contributed by atoms with Crippen molar-refractivity contribution in [2.75, 3.05) is 18.2 Å². The summed E-state index contributed by atoms with van der Waals surface area (Å²) in [7, 11) is 0. The van der Waals surface area contributed by atoms with Gasteiger partial charge < -0.3 is 9.80 Å². The van der Waals surface area contributed by atoms with Crippen molar-refractivity contribution in [2.45, 2.75) is 20.0 Å². The van der Waals surface area contributed by atoms with Crippen LogP contribution >= 0.6 is 11.8 Å². The van der Waals surface area contributed by atoms with E-state index in [0.717, 1.165) is 16.7 Å². The van der Waals surface area contributed by atoms with E-state index in [-0.39, 0.29) is 18.4 Å². The van der Waals surface area contributed by atoms with Gasteiger partial charge >= 0.3 is 0 Å². The van der Waals surface area contributed by atoms with Gasteiger partial charge in [-0.1, -0.05) is 30.3 Å². The number of pyridine rings is 1. The second-order valence-electron chi connectivity index (χ2n) is 6.11. The first kappa shape index (κ1) is 17.5. The highest BCUT2D eigenvalue weighted by Crippen LogP contribution is 2.17. The van der Waals surface area contributed by atoms with Crippen LogP contribution in [0.25, 0.3) is 0 Å². The normalized spacial score (nSPS) is 14.0. The summed E-state index contributed by atoms with van der Waals surface area (Å²) in [6, 6.07) is 11.9. The Balaban J connectivity index is 1.76. The van der Waals surface area contributed by atoms with E-state index in [1.165, 1.54) is 0 Å². The van der Waals surface area contributed by atoms with Crippen LogP contribution < -0.4 is 0 Å². The van der Waals surface area contributed by atoms with E-state index >= 15 is 0 Å². The van der Waals surface area contributed by atoms with Crippen molar-refractivity contribution >= 4 is 23.6 Å². The number of amides is 2. The third-order valence-electron chi connectivity index (χ3n) is 4.22. The lowest BCUT2D eigenvalue weighted by Crippen LogP contribution is -2.40. The minimum absolute atomic E-state index is 0.0376. The van der Waals surface area contributed by atoms with Crippen molar-refractivity contribution in [1.29, 1.82) is 0 Å². The SMILES string of the molecule is Cc1ccccc1CN(Cc1cccnc1)C(=O)CN1CSCC1=O. The molecule has 25 heavy (non-hydrogen) atoms. The molecule has 2 amide bonds. The van der Waals surface area contributed by atoms with Gasteiger partial charge in [0.2, 0.25) is 11.8 Å². The molecule has 0 spiro atoms. The Hall–Kier alpha value is -2.34. The Kier molecular flexibility index (Phi) is 5.71. The molecule has 130 valence electrons. The molecule has 1 aromatic carbocycles. The molecule has 1 fully saturated rings. The lowest BCUT2D eigenvalue weighted by molar-refractivity contribution is -0.138. The van der Waals surface area contributed by atoms with E-state index in [1.807, 2.05) is 43.3 Å². The summed E-state index contributed by atoms with van der Waals surface area (Å²) in [6.07, 6.45) is 3.49. The molecule has 0 N–H and O–H groups in total. The van der Waals surface area contributed by atoms with Crippen LogP contribution in [0.5, 0.6) is 0 Å². The van der Waals surface area contributed by atoms with Crippen molar-refractivity contribution in [2.24, 2.45) is 0 Å². The van der Waals surface area contributed by atoms with Gasteiger partial charge in [-0.05, 0) is 29.7 Å². The number of aromatic nitrogens is 1. The summed E-state index contributed by atoms with van der Waals surface area (Å²) in [6.45, 7) is 3.19. The molecule has 1 aliphatic heterocycles. The number of aryl methyl sites for hydroxylation is 1. The van der Waals surface area contributed by atoms with Gasteiger partial charge in [-0.25, -0.2) is 0 Å². The Labute approximate surface area is 152 Å². The highest BCUT2D eigenvalue weighted by atomic mass is 32.2. The van der Waals surface area contributed by atoms with Crippen molar-refractivity contribution in [3.63, 3.8) is 0 Å². The van der Waals surface area contributed by atoms with Crippen molar-refractivity contribution < 1.29 is 9.59 Å². The molecule has 0 saturated carbocycles. The fourth-order valence-electron chi connectivity index (χ4n) is 2.74. The van der Waals surface area contributed by atoms with E-state index in [2.05, 4.69) is 4.98 Å². The van der Waals surface area contributed by atoms with Gasteiger partial charge in [-0.3, -0.25) is 14.6 Å². The van der Waals surface area contributed by atoms with Crippen molar-refractivity contribution in [3.05, 3.63) is 65.5 Å². The van der Waals surface area contributed by atoms with Crippen LogP contribution in [0.2, 0.25) is 0 Å². The van der Waals surface area contributed by atoms with E-state index in [9.17, 15) is 9.59 Å². The van der Waals surface area contributed by atoms with Crippen molar-refractivity contribution in [3.8, 4) is 0 Å². The number of hydrogen-bond donors (Lipinski definition) is 0. The minimum Gasteiger partial charge on any atom is -0.332 e. The first-order valence-corrected chi connectivity index (χ1v) is 9.35. The Morgan fingerprint density at radius 2 is 2.08 bits per heavy atom. The largest absolute Gasteiger partial charge is 0.332 e. The Morgan fingerprint density at radius 1 is 1.24 bits per heavy atom. The lowest BCUT2D eigenvalue weighted by atomic mass is 10.1. The molecule has 3 rings (SSSR count). The molecule has 6 heteroatoms. The molecule has 0 bridgehead atoms. The summed E-state index contributed by atoms with van der Waals surface area (Å²) >= 11 is 1.55. The van der Waals surface area contributed by atoms with Gasteiger partial charge in [0, 0.05) is 25.5 Å². The number of nitrogens with zero attached hydrogens (tertiary/aromatic N) is 3. The number of thioether (sulfide) groups is 1. The monoisotopic (exact) mass is 355 g/mol. The molecule has 0 aliphatic carbocycles. The Morgan fingerprint density at radius 3 is 2.76 bits per heavy atom. The van der Waals surface area contributed by atoms with Crippen LogP contribution in [0, 0.1) is 6.92 Å². The molecule has 0 unspecified atom stereocenters. The average molecular weight is 355 g/mol. The summed E-state index contributed by atoms with van der Waals surface area (Å²) in [5.74, 6) is 1.06. The maximum atomic E-state index is 12.9. The summed E-state index contributed by atoms with van der Waals surface area (Å²) in [5, 5.41) is 0. The van der Waals surface area contributed by atoms with Gasteiger partial charge in [0.25, 0.3) is 0 Å². The predicted molar refractivity (Wildman–Crippen MR) is 98.7 cm³/mol. The van der Waals surface area contributed by atoms with E-state index in [4.69, 9.17) is 0 Å². The standard InChI is InChI=1S/C19H21N3O2S/c1-15-5-2-3-7-17(15)11-21(10-16-6-4-8-20-9-16)18(23)12-22-14-25-13-19(22)24/h2-9H,10-14H2,1H3. The fraction of sp³-hybridized carbons (Fsp3) is 0.316. The molecule has 1 aromatic heterocycles. The predicted octanol–water partition coefficient (Wildman–Crippen LogP) is 2.45. The van der Waals surface area contributed by atoms with Crippen LogP contribution in [0.1, 0.15) is 16.7 Å². The number of carbonyl (C=O) groups excluding carboxylic acids is 2. The maximum Gasteiger partial charge on any atom is 0.242 e.